The van der Waals surface area contributed by atoms with Gasteiger partial charge in [-0.05, 0) is 52.3 Å². The van der Waals surface area contributed by atoms with E-state index in [2.05, 4.69) is 63.1 Å². The van der Waals surface area contributed by atoms with Gasteiger partial charge in [0.1, 0.15) is 0 Å². The Hall–Kier alpha value is -1.35. The molecule has 2 rings (SSSR count). The molecule has 1 atom stereocenters. The highest BCUT2D eigenvalue weighted by atomic mass is 127. The second-order valence-corrected chi connectivity index (χ2v) is 7.71. The van der Waals surface area contributed by atoms with Crippen molar-refractivity contribution in [1.82, 2.24) is 20.9 Å². The molecule has 0 aliphatic carbocycles. The summed E-state index contributed by atoms with van der Waals surface area (Å²) in [4.78, 5) is 19.2. The van der Waals surface area contributed by atoms with Crippen molar-refractivity contribution in [2.45, 2.75) is 39.7 Å². The molecule has 0 bridgehead atoms. The topological polar surface area (TPSA) is 68.8 Å². The molecule has 1 heterocycles. The summed E-state index contributed by atoms with van der Waals surface area (Å²) in [5.74, 6) is 0.760. The fourth-order valence-corrected chi connectivity index (χ4v) is 3.41. The minimum Gasteiger partial charge on any atom is -0.359 e. The van der Waals surface area contributed by atoms with Crippen LogP contribution in [-0.2, 0) is 4.79 Å². The number of carbonyl (C=O) groups excluding carboxylic acids is 1. The number of likely N-dealkylation sites (tertiary alicyclic amines) is 1. The summed E-state index contributed by atoms with van der Waals surface area (Å²) in [6.45, 7) is 10.2. The van der Waals surface area contributed by atoms with E-state index in [9.17, 15) is 4.79 Å². The van der Waals surface area contributed by atoms with Gasteiger partial charge in [0.25, 0.3) is 0 Å². The first-order valence-electron chi connectivity index (χ1n) is 10.0. The van der Waals surface area contributed by atoms with Crippen molar-refractivity contribution in [2.75, 3.05) is 39.8 Å². The number of nitrogens with one attached hydrogen (secondary N) is 3. The lowest BCUT2D eigenvalue weighted by atomic mass is 9.93. The van der Waals surface area contributed by atoms with E-state index in [0.717, 1.165) is 32.1 Å². The van der Waals surface area contributed by atoms with Crippen molar-refractivity contribution in [3.05, 3.63) is 35.9 Å². The third kappa shape index (κ3) is 7.24. The van der Waals surface area contributed by atoms with Crippen LogP contribution in [0.5, 0.6) is 0 Å². The van der Waals surface area contributed by atoms with Crippen molar-refractivity contribution < 1.29 is 4.79 Å². The van der Waals surface area contributed by atoms with Crippen molar-refractivity contribution in [3.63, 3.8) is 0 Å². The Morgan fingerprint density at radius 3 is 2.39 bits per heavy atom. The minimum atomic E-state index is -0.537. The lowest BCUT2D eigenvalue weighted by Gasteiger charge is -2.29. The maximum Gasteiger partial charge on any atom is 0.227 e. The third-order valence-electron chi connectivity index (χ3n) is 5.05. The standard InChI is InChI=1S/C21H35N5O.HI/c1-5-23-20(25-16-21(2,3)19(27)22-4)24-15-18(26-13-9-10-14-26)17-11-7-6-8-12-17;/h6-8,11-12,18H,5,9-10,13-16H2,1-4H3,(H,22,27)(H2,23,24,25);1H. The first kappa shape index (κ1) is 24.7. The number of guanidine groups is 1. The Morgan fingerprint density at radius 1 is 1.18 bits per heavy atom. The number of amides is 1. The number of rotatable bonds is 8. The summed E-state index contributed by atoms with van der Waals surface area (Å²) in [5, 5.41) is 9.50. The van der Waals surface area contributed by atoms with Gasteiger partial charge in [-0.2, -0.15) is 0 Å². The lowest BCUT2D eigenvalue weighted by Crippen LogP contribution is -2.44. The van der Waals surface area contributed by atoms with Crippen LogP contribution in [0.3, 0.4) is 0 Å². The van der Waals surface area contributed by atoms with E-state index < -0.39 is 5.41 Å². The Bertz CT molecular complexity index is 614. The molecule has 1 unspecified atom stereocenters. The predicted molar refractivity (Wildman–Crippen MR) is 127 cm³/mol. The van der Waals surface area contributed by atoms with Gasteiger partial charge in [-0.3, -0.25) is 14.7 Å². The van der Waals surface area contributed by atoms with Crippen LogP contribution in [0.25, 0.3) is 0 Å². The van der Waals surface area contributed by atoms with Crippen LogP contribution in [0.15, 0.2) is 35.3 Å². The molecule has 7 heteroatoms. The summed E-state index contributed by atoms with van der Waals surface area (Å²) in [6, 6.07) is 11.0. The molecule has 1 aliphatic heterocycles. The van der Waals surface area contributed by atoms with Gasteiger partial charge in [-0.1, -0.05) is 30.3 Å². The summed E-state index contributed by atoms with van der Waals surface area (Å²) in [5.41, 5.74) is 0.790. The second-order valence-electron chi connectivity index (χ2n) is 7.71. The normalized spacial score (nSPS) is 16.2. The van der Waals surface area contributed by atoms with Gasteiger partial charge in [0.2, 0.25) is 5.91 Å². The molecule has 0 spiro atoms. The second kappa shape index (κ2) is 12.3. The molecule has 0 saturated carbocycles. The average Bonchev–Trinajstić information content (AvgIpc) is 3.20. The van der Waals surface area contributed by atoms with E-state index in [-0.39, 0.29) is 29.9 Å². The lowest BCUT2D eigenvalue weighted by molar-refractivity contribution is -0.128. The Morgan fingerprint density at radius 2 is 1.82 bits per heavy atom. The van der Waals surface area contributed by atoms with Gasteiger partial charge in [0.15, 0.2) is 5.96 Å². The van der Waals surface area contributed by atoms with E-state index in [4.69, 9.17) is 0 Å². The molecule has 0 aromatic heterocycles. The monoisotopic (exact) mass is 501 g/mol. The van der Waals surface area contributed by atoms with Gasteiger partial charge in [0.05, 0.1) is 18.0 Å². The molecule has 6 nitrogen and oxygen atoms in total. The minimum absolute atomic E-state index is 0. The summed E-state index contributed by atoms with van der Waals surface area (Å²) in [7, 11) is 1.66. The number of nitrogens with zero attached hydrogens (tertiary/aromatic N) is 2. The Labute approximate surface area is 187 Å². The van der Waals surface area contributed by atoms with Gasteiger partial charge in [0, 0.05) is 20.1 Å². The largest absolute Gasteiger partial charge is 0.359 e. The Kier molecular flexibility index (Phi) is 10.8. The maximum atomic E-state index is 12.0. The number of aliphatic imine (C=N–C) groups is 1. The first-order valence-corrected chi connectivity index (χ1v) is 10.0. The number of hydrogen-bond donors (Lipinski definition) is 3. The number of hydrogen-bond acceptors (Lipinski definition) is 3. The molecule has 1 fully saturated rings. The van der Waals surface area contributed by atoms with Gasteiger partial charge in [-0.25, -0.2) is 0 Å². The summed E-state index contributed by atoms with van der Waals surface area (Å²) >= 11 is 0. The first-order chi connectivity index (χ1) is 13.0. The summed E-state index contributed by atoms with van der Waals surface area (Å²) in [6.07, 6.45) is 2.52. The highest BCUT2D eigenvalue weighted by Crippen LogP contribution is 2.24. The molecule has 0 radical (unpaired) electrons. The van der Waals surface area contributed by atoms with E-state index in [1.54, 1.807) is 7.05 Å². The van der Waals surface area contributed by atoms with Crippen molar-refractivity contribution >= 4 is 35.8 Å². The number of carbonyl (C=O) groups is 1. The zero-order valence-electron chi connectivity index (χ0n) is 17.6. The molecule has 1 amide bonds. The summed E-state index contributed by atoms with van der Waals surface area (Å²) < 4.78 is 0. The predicted octanol–water partition coefficient (Wildman–Crippen LogP) is 2.77. The van der Waals surface area contributed by atoms with Gasteiger partial charge < -0.3 is 16.0 Å². The maximum absolute atomic E-state index is 12.0. The fourth-order valence-electron chi connectivity index (χ4n) is 3.41. The highest BCUT2D eigenvalue weighted by Gasteiger charge is 2.27. The quantitative estimate of drug-likeness (QED) is 0.291. The molecule has 1 aliphatic rings. The molecule has 3 N–H and O–H groups in total. The molecule has 158 valence electrons. The highest BCUT2D eigenvalue weighted by molar-refractivity contribution is 14.0. The van der Waals surface area contributed by atoms with E-state index in [1.165, 1.54) is 18.4 Å². The van der Waals surface area contributed by atoms with Crippen LogP contribution in [0.1, 0.15) is 45.2 Å². The van der Waals surface area contributed by atoms with Gasteiger partial charge in [-0.15, -0.1) is 24.0 Å². The van der Waals surface area contributed by atoms with E-state index >= 15 is 0 Å². The zero-order valence-corrected chi connectivity index (χ0v) is 20.0. The van der Waals surface area contributed by atoms with Crippen LogP contribution >= 0.6 is 24.0 Å². The number of halogens is 1. The SMILES string of the molecule is CCNC(=NCC(C)(C)C(=O)NC)NCC(c1ccccc1)N1CCCC1.I. The smallest absolute Gasteiger partial charge is 0.227 e. The molecular weight excluding hydrogens is 465 g/mol. The van der Waals surface area contributed by atoms with Crippen LogP contribution < -0.4 is 16.0 Å². The van der Waals surface area contributed by atoms with Crippen LogP contribution in [0, 0.1) is 5.41 Å². The molecule has 28 heavy (non-hydrogen) atoms. The Balaban J connectivity index is 0.00000392. The van der Waals surface area contributed by atoms with Crippen molar-refractivity contribution in [2.24, 2.45) is 10.4 Å². The average molecular weight is 501 g/mol. The van der Waals surface area contributed by atoms with Gasteiger partial charge >= 0.3 is 0 Å². The molecule has 1 aromatic carbocycles. The zero-order chi connectivity index (χ0) is 19.7. The van der Waals surface area contributed by atoms with Crippen molar-refractivity contribution in [1.29, 1.82) is 0 Å². The molecule has 1 aromatic rings. The van der Waals surface area contributed by atoms with E-state index in [0.29, 0.717) is 12.6 Å². The number of benzene rings is 1. The van der Waals surface area contributed by atoms with Crippen molar-refractivity contribution in [3.8, 4) is 0 Å². The van der Waals surface area contributed by atoms with Crippen LogP contribution in [0.2, 0.25) is 0 Å². The molecule has 1 saturated heterocycles. The third-order valence-corrected chi connectivity index (χ3v) is 5.05. The molecular formula is C21H36IN5O. The van der Waals surface area contributed by atoms with Crippen LogP contribution in [-0.4, -0.2) is 56.5 Å². The fraction of sp³-hybridized carbons (Fsp3) is 0.619. The van der Waals surface area contributed by atoms with E-state index in [1.807, 2.05) is 13.8 Å². The van der Waals surface area contributed by atoms with Crippen LogP contribution in [0.4, 0.5) is 0 Å².